The third-order valence-corrected chi connectivity index (χ3v) is 2.23. The van der Waals surface area contributed by atoms with Crippen LogP contribution in [0.3, 0.4) is 0 Å². The molecule has 0 aliphatic heterocycles. The van der Waals surface area contributed by atoms with Gasteiger partial charge in [0.25, 0.3) is 0 Å². The van der Waals surface area contributed by atoms with Gasteiger partial charge < -0.3 is 4.74 Å². The molecule has 0 fully saturated rings. The van der Waals surface area contributed by atoms with Gasteiger partial charge in [-0.3, -0.25) is 4.98 Å². The predicted molar refractivity (Wildman–Crippen MR) is 56.1 cm³/mol. The Morgan fingerprint density at radius 1 is 1.12 bits per heavy atom. The van der Waals surface area contributed by atoms with Crippen LogP contribution in [0, 0.1) is 11.6 Å². The maximum Gasteiger partial charge on any atom is 0.149 e. The number of hydrogen-bond acceptors (Lipinski definition) is 2. The monoisotopic (exact) mass is 221 g/mol. The number of rotatable bonds is 2. The summed E-state index contributed by atoms with van der Waals surface area (Å²) in [5.41, 5.74) is 0.843. The zero-order valence-corrected chi connectivity index (χ0v) is 8.58. The molecule has 0 saturated carbocycles. The van der Waals surface area contributed by atoms with Crippen LogP contribution in [0.15, 0.2) is 36.7 Å². The molecular weight excluding hydrogens is 212 g/mol. The van der Waals surface area contributed by atoms with Gasteiger partial charge in [0.15, 0.2) is 0 Å². The molecule has 0 unspecified atom stereocenters. The molecule has 2 nitrogen and oxygen atoms in total. The van der Waals surface area contributed by atoms with Crippen molar-refractivity contribution >= 4 is 0 Å². The molecule has 2 rings (SSSR count). The first-order chi connectivity index (χ1) is 7.72. The first-order valence-electron chi connectivity index (χ1n) is 4.66. The second-order valence-corrected chi connectivity index (χ2v) is 3.20. The number of aromatic nitrogens is 1. The molecule has 0 radical (unpaired) electrons. The summed E-state index contributed by atoms with van der Waals surface area (Å²) in [6.45, 7) is 0. The Labute approximate surface area is 91.5 Å². The maximum atomic E-state index is 13.5. The van der Waals surface area contributed by atoms with E-state index in [9.17, 15) is 8.78 Å². The number of methoxy groups -OCH3 is 1. The summed E-state index contributed by atoms with van der Waals surface area (Å²) in [7, 11) is 1.41. The molecular formula is C12H9F2NO. The molecule has 82 valence electrons. The summed E-state index contributed by atoms with van der Waals surface area (Å²) in [4.78, 5) is 3.65. The standard InChI is InChI=1S/C12H9F2NO/c1-16-12-6-8(13)2-3-10(12)9-4-5-15-7-11(9)14/h2-7H,1H3. The number of ether oxygens (including phenoxy) is 1. The van der Waals surface area contributed by atoms with Crippen molar-refractivity contribution in [1.29, 1.82) is 0 Å². The second kappa shape index (κ2) is 4.26. The highest BCUT2D eigenvalue weighted by Gasteiger charge is 2.10. The third kappa shape index (κ3) is 1.86. The topological polar surface area (TPSA) is 22.1 Å². The summed E-state index contributed by atoms with van der Waals surface area (Å²) in [6, 6.07) is 5.48. The average molecular weight is 221 g/mol. The Morgan fingerprint density at radius 3 is 2.62 bits per heavy atom. The van der Waals surface area contributed by atoms with Crippen LogP contribution in [0.4, 0.5) is 8.78 Å². The van der Waals surface area contributed by atoms with Gasteiger partial charge in [-0.25, -0.2) is 8.78 Å². The lowest BCUT2D eigenvalue weighted by atomic mass is 10.1. The summed E-state index contributed by atoms with van der Waals surface area (Å²) in [5.74, 6) is -0.590. The van der Waals surface area contributed by atoms with Crippen molar-refractivity contribution in [1.82, 2.24) is 4.98 Å². The van der Waals surface area contributed by atoms with Crippen LogP contribution in [-0.4, -0.2) is 12.1 Å². The van der Waals surface area contributed by atoms with Gasteiger partial charge in [-0.2, -0.15) is 0 Å². The van der Waals surface area contributed by atoms with Gasteiger partial charge in [0.05, 0.1) is 13.3 Å². The van der Waals surface area contributed by atoms with Gasteiger partial charge in [0, 0.05) is 23.4 Å². The van der Waals surface area contributed by atoms with Crippen LogP contribution < -0.4 is 4.74 Å². The van der Waals surface area contributed by atoms with E-state index in [2.05, 4.69) is 4.98 Å². The molecule has 0 saturated heterocycles. The SMILES string of the molecule is COc1cc(F)ccc1-c1ccncc1F. The van der Waals surface area contributed by atoms with Gasteiger partial charge in [0.2, 0.25) is 0 Å². The molecule has 0 aliphatic rings. The maximum absolute atomic E-state index is 13.5. The molecule has 16 heavy (non-hydrogen) atoms. The van der Waals surface area contributed by atoms with Gasteiger partial charge >= 0.3 is 0 Å². The lowest BCUT2D eigenvalue weighted by molar-refractivity contribution is 0.412. The summed E-state index contributed by atoms with van der Waals surface area (Å²) in [5, 5.41) is 0. The number of halogens is 2. The second-order valence-electron chi connectivity index (χ2n) is 3.20. The van der Waals surface area contributed by atoms with Gasteiger partial charge in [-0.1, -0.05) is 0 Å². The highest BCUT2D eigenvalue weighted by Crippen LogP contribution is 2.31. The lowest BCUT2D eigenvalue weighted by Crippen LogP contribution is -1.92. The average Bonchev–Trinajstić information content (AvgIpc) is 2.30. The van der Waals surface area contributed by atoms with Crippen LogP contribution in [0.1, 0.15) is 0 Å². The van der Waals surface area contributed by atoms with E-state index in [0.717, 1.165) is 6.20 Å². The Kier molecular flexibility index (Phi) is 2.81. The van der Waals surface area contributed by atoms with Gasteiger partial charge in [-0.05, 0) is 18.2 Å². The van der Waals surface area contributed by atoms with E-state index in [-0.39, 0.29) is 0 Å². The summed E-state index contributed by atoms with van der Waals surface area (Å²) in [6.07, 6.45) is 2.58. The van der Waals surface area contributed by atoms with E-state index in [0.29, 0.717) is 16.9 Å². The molecule has 1 heterocycles. The molecule has 4 heteroatoms. The van der Waals surface area contributed by atoms with Crippen molar-refractivity contribution in [3.8, 4) is 16.9 Å². The fraction of sp³-hybridized carbons (Fsp3) is 0.0833. The molecule has 0 bridgehead atoms. The normalized spacial score (nSPS) is 10.2. The minimum Gasteiger partial charge on any atom is -0.496 e. The number of benzene rings is 1. The quantitative estimate of drug-likeness (QED) is 0.777. The molecule has 0 aliphatic carbocycles. The Morgan fingerprint density at radius 2 is 1.94 bits per heavy atom. The number of nitrogens with zero attached hydrogens (tertiary/aromatic N) is 1. The Bertz CT molecular complexity index is 514. The molecule has 1 aromatic carbocycles. The van der Waals surface area contributed by atoms with E-state index in [1.54, 1.807) is 0 Å². The first kappa shape index (κ1) is 10.5. The lowest BCUT2D eigenvalue weighted by Gasteiger charge is -2.08. The van der Waals surface area contributed by atoms with E-state index >= 15 is 0 Å². The van der Waals surface area contributed by atoms with E-state index < -0.39 is 11.6 Å². The van der Waals surface area contributed by atoms with Crippen LogP contribution in [0.2, 0.25) is 0 Å². The highest BCUT2D eigenvalue weighted by atomic mass is 19.1. The van der Waals surface area contributed by atoms with Gasteiger partial charge in [-0.15, -0.1) is 0 Å². The molecule has 1 aromatic heterocycles. The molecule has 0 amide bonds. The number of hydrogen-bond donors (Lipinski definition) is 0. The molecule has 0 spiro atoms. The van der Waals surface area contributed by atoms with Crippen LogP contribution >= 0.6 is 0 Å². The summed E-state index contributed by atoms with van der Waals surface area (Å²) < 4.78 is 31.5. The number of pyridine rings is 1. The fourth-order valence-electron chi connectivity index (χ4n) is 1.48. The summed E-state index contributed by atoms with van der Waals surface area (Å²) >= 11 is 0. The molecule has 0 atom stereocenters. The van der Waals surface area contributed by atoms with Crippen molar-refractivity contribution in [3.05, 3.63) is 48.3 Å². The Hall–Kier alpha value is -1.97. The molecule has 0 N–H and O–H groups in total. The van der Waals surface area contributed by atoms with E-state index in [4.69, 9.17) is 4.74 Å². The largest absolute Gasteiger partial charge is 0.496 e. The van der Waals surface area contributed by atoms with Crippen molar-refractivity contribution in [2.75, 3.05) is 7.11 Å². The van der Waals surface area contributed by atoms with E-state index in [1.165, 1.54) is 37.6 Å². The van der Waals surface area contributed by atoms with Gasteiger partial charge in [0.1, 0.15) is 17.4 Å². The highest BCUT2D eigenvalue weighted by molar-refractivity contribution is 5.70. The van der Waals surface area contributed by atoms with Crippen molar-refractivity contribution in [3.63, 3.8) is 0 Å². The van der Waals surface area contributed by atoms with Crippen LogP contribution in [-0.2, 0) is 0 Å². The minimum atomic E-state index is -0.465. The first-order valence-corrected chi connectivity index (χ1v) is 4.66. The van der Waals surface area contributed by atoms with E-state index in [1.807, 2.05) is 0 Å². The minimum absolute atomic E-state index is 0.296. The van der Waals surface area contributed by atoms with Crippen LogP contribution in [0.25, 0.3) is 11.1 Å². The van der Waals surface area contributed by atoms with Crippen LogP contribution in [0.5, 0.6) is 5.75 Å². The smallest absolute Gasteiger partial charge is 0.149 e. The third-order valence-electron chi connectivity index (χ3n) is 2.23. The molecule has 2 aromatic rings. The zero-order valence-electron chi connectivity index (χ0n) is 8.58. The zero-order chi connectivity index (χ0) is 11.5. The predicted octanol–water partition coefficient (Wildman–Crippen LogP) is 3.04. The Balaban J connectivity index is 2.60. The van der Waals surface area contributed by atoms with Crippen molar-refractivity contribution in [2.45, 2.75) is 0 Å². The van der Waals surface area contributed by atoms with Crippen molar-refractivity contribution < 1.29 is 13.5 Å². The fourth-order valence-corrected chi connectivity index (χ4v) is 1.48. The van der Waals surface area contributed by atoms with Crippen molar-refractivity contribution in [2.24, 2.45) is 0 Å².